The Morgan fingerprint density at radius 2 is 2.11 bits per heavy atom. The van der Waals surface area contributed by atoms with Crippen molar-refractivity contribution in [2.45, 2.75) is 0 Å². The molecule has 0 amide bonds. The Morgan fingerprint density at radius 3 is 2.63 bits per heavy atom. The summed E-state index contributed by atoms with van der Waals surface area (Å²) in [5.74, 6) is -0.755. The molecule has 0 radical (unpaired) electrons. The van der Waals surface area contributed by atoms with Gasteiger partial charge in [-0.15, -0.1) is 0 Å². The molecule has 0 bridgehead atoms. The second-order valence-electron chi connectivity index (χ2n) is 4.22. The molecule has 6 nitrogen and oxygen atoms in total. The Balaban J connectivity index is 2.16. The summed E-state index contributed by atoms with van der Waals surface area (Å²) in [5, 5.41) is 0. The van der Waals surface area contributed by atoms with Gasteiger partial charge in [0.2, 0.25) is 0 Å². The van der Waals surface area contributed by atoms with Gasteiger partial charge in [-0.1, -0.05) is 0 Å². The first kappa shape index (κ1) is 14.0. The molecule has 0 spiro atoms. The van der Waals surface area contributed by atoms with Crippen molar-refractivity contribution in [3.05, 3.63) is 23.6 Å². The number of esters is 1. The second kappa shape index (κ2) is 5.32. The minimum absolute atomic E-state index is 0.0463. The number of carbonyl (C=O) groups excluding carboxylic acids is 1. The fraction of sp³-hybridized carbons (Fsp3) is 0.455. The van der Waals surface area contributed by atoms with Crippen molar-refractivity contribution in [3.63, 3.8) is 0 Å². The van der Waals surface area contributed by atoms with Crippen LogP contribution in [0.3, 0.4) is 0 Å². The number of hydrogen-bond donors (Lipinski definition) is 2. The van der Waals surface area contributed by atoms with Crippen LogP contribution < -0.4 is 4.90 Å². The van der Waals surface area contributed by atoms with Gasteiger partial charge < -0.3 is 9.64 Å². The molecule has 106 valence electrons. The molecule has 1 fully saturated rings. The summed E-state index contributed by atoms with van der Waals surface area (Å²) < 4.78 is 37.4. The number of anilines is 1. The number of hydrogen-bond acceptors (Lipinski definition) is 6. The van der Waals surface area contributed by atoms with Gasteiger partial charge in [-0.05, 0) is 6.07 Å². The summed E-state index contributed by atoms with van der Waals surface area (Å²) in [7, 11) is -1.32. The van der Waals surface area contributed by atoms with Gasteiger partial charge in [0.25, 0.3) is 0 Å². The first-order valence-electron chi connectivity index (χ1n) is 5.65. The Morgan fingerprint density at radius 1 is 1.47 bits per heavy atom. The van der Waals surface area contributed by atoms with Crippen LogP contribution in [0.4, 0.5) is 10.2 Å². The molecule has 0 aromatic carbocycles. The van der Waals surface area contributed by atoms with Crippen molar-refractivity contribution < 1.29 is 23.0 Å². The standard InChI is InChI=1S/C11H15FN2O4S/c1-18-11(15)8-6-9(12)10(13-7-8)14-2-4-19(16,17)5-3-14/h6-7,16-17H,2-5H2,1H3. The van der Waals surface area contributed by atoms with Crippen LogP contribution in [-0.2, 0) is 4.74 Å². The van der Waals surface area contributed by atoms with Gasteiger partial charge in [0, 0.05) is 19.3 Å². The van der Waals surface area contributed by atoms with Crippen LogP contribution in [0, 0.1) is 5.82 Å². The fourth-order valence-electron chi connectivity index (χ4n) is 1.83. The highest BCUT2D eigenvalue weighted by Crippen LogP contribution is 2.41. The Hall–Kier alpha value is -1.38. The van der Waals surface area contributed by atoms with Crippen molar-refractivity contribution in [1.29, 1.82) is 0 Å². The summed E-state index contributed by atoms with van der Waals surface area (Å²) in [4.78, 5) is 16.8. The van der Waals surface area contributed by atoms with Crippen LogP contribution >= 0.6 is 10.6 Å². The lowest BCUT2D eigenvalue weighted by molar-refractivity contribution is 0.0599. The van der Waals surface area contributed by atoms with Crippen LogP contribution in [0.2, 0.25) is 0 Å². The third-order valence-electron chi connectivity index (χ3n) is 2.92. The minimum Gasteiger partial charge on any atom is -0.465 e. The molecule has 0 aliphatic carbocycles. The maximum atomic E-state index is 13.9. The molecule has 1 saturated heterocycles. The molecule has 2 rings (SSSR count). The van der Waals surface area contributed by atoms with E-state index in [0.29, 0.717) is 13.1 Å². The zero-order chi connectivity index (χ0) is 14.0. The molecule has 2 heterocycles. The maximum Gasteiger partial charge on any atom is 0.339 e. The molecule has 1 aliphatic heterocycles. The summed E-state index contributed by atoms with van der Waals surface area (Å²) in [6, 6.07) is 1.07. The van der Waals surface area contributed by atoms with E-state index in [2.05, 4.69) is 9.72 Å². The van der Waals surface area contributed by atoms with Crippen molar-refractivity contribution in [3.8, 4) is 0 Å². The van der Waals surface area contributed by atoms with E-state index in [4.69, 9.17) is 0 Å². The van der Waals surface area contributed by atoms with Crippen molar-refractivity contribution in [1.82, 2.24) is 4.98 Å². The average Bonchev–Trinajstić information content (AvgIpc) is 2.38. The van der Waals surface area contributed by atoms with Crippen LogP contribution in [0.5, 0.6) is 0 Å². The predicted molar refractivity (Wildman–Crippen MR) is 70.3 cm³/mol. The van der Waals surface area contributed by atoms with Crippen LogP contribution in [0.15, 0.2) is 12.3 Å². The second-order valence-corrected chi connectivity index (χ2v) is 6.64. The molecule has 1 aromatic rings. The van der Waals surface area contributed by atoms with E-state index >= 15 is 0 Å². The van der Waals surface area contributed by atoms with Crippen molar-refractivity contribution in [2.75, 3.05) is 36.6 Å². The number of rotatable bonds is 2. The van der Waals surface area contributed by atoms with E-state index in [9.17, 15) is 18.3 Å². The van der Waals surface area contributed by atoms with Gasteiger partial charge >= 0.3 is 5.97 Å². The molecule has 2 N–H and O–H groups in total. The average molecular weight is 290 g/mol. The lowest BCUT2D eigenvalue weighted by Gasteiger charge is -2.41. The van der Waals surface area contributed by atoms with E-state index in [1.165, 1.54) is 13.3 Å². The smallest absolute Gasteiger partial charge is 0.339 e. The van der Waals surface area contributed by atoms with Gasteiger partial charge in [-0.3, -0.25) is 9.11 Å². The van der Waals surface area contributed by atoms with E-state index in [0.717, 1.165) is 6.07 Å². The summed E-state index contributed by atoms with van der Waals surface area (Å²) >= 11 is 0. The highest BCUT2D eigenvalue weighted by molar-refractivity contribution is 8.24. The van der Waals surface area contributed by atoms with Gasteiger partial charge in [-0.2, -0.15) is 10.6 Å². The molecule has 1 aliphatic rings. The maximum absolute atomic E-state index is 13.9. The fourth-order valence-corrected chi connectivity index (χ4v) is 3.06. The first-order chi connectivity index (χ1) is 8.93. The monoisotopic (exact) mass is 290 g/mol. The normalized spacial score (nSPS) is 19.9. The van der Waals surface area contributed by atoms with Crippen molar-refractivity contribution in [2.24, 2.45) is 0 Å². The molecule has 0 saturated carbocycles. The highest BCUT2D eigenvalue weighted by atomic mass is 32.3. The molecular formula is C11H15FN2O4S. The van der Waals surface area contributed by atoms with E-state index in [1.807, 2.05) is 0 Å². The number of halogens is 1. The van der Waals surface area contributed by atoms with Crippen LogP contribution in [0.25, 0.3) is 0 Å². The van der Waals surface area contributed by atoms with E-state index in [-0.39, 0.29) is 22.9 Å². The Labute approximate surface area is 111 Å². The first-order valence-corrected chi connectivity index (χ1v) is 7.54. The predicted octanol–water partition coefficient (Wildman–Crippen LogP) is 1.58. The topological polar surface area (TPSA) is 82.9 Å². The van der Waals surface area contributed by atoms with Crippen LogP contribution in [-0.4, -0.2) is 51.8 Å². The zero-order valence-corrected chi connectivity index (χ0v) is 11.2. The minimum atomic E-state index is -2.53. The van der Waals surface area contributed by atoms with Gasteiger partial charge in [0.05, 0.1) is 24.2 Å². The molecular weight excluding hydrogens is 275 g/mol. The van der Waals surface area contributed by atoms with Crippen LogP contribution in [0.1, 0.15) is 10.4 Å². The lowest BCUT2D eigenvalue weighted by atomic mass is 10.2. The van der Waals surface area contributed by atoms with Gasteiger partial charge in [0.15, 0.2) is 11.6 Å². The number of ether oxygens (including phenoxy) is 1. The number of nitrogens with zero attached hydrogens (tertiary/aromatic N) is 2. The molecule has 0 atom stereocenters. The molecule has 19 heavy (non-hydrogen) atoms. The van der Waals surface area contributed by atoms with Gasteiger partial charge in [0.1, 0.15) is 0 Å². The van der Waals surface area contributed by atoms with Crippen molar-refractivity contribution >= 4 is 22.4 Å². The SMILES string of the molecule is COC(=O)c1cnc(N2CCS(O)(O)CC2)c(F)c1. The summed E-state index contributed by atoms with van der Waals surface area (Å²) in [6.45, 7) is 0.646. The highest BCUT2D eigenvalue weighted by Gasteiger charge is 2.25. The third-order valence-corrected chi connectivity index (χ3v) is 4.59. The Kier molecular flexibility index (Phi) is 3.93. The molecule has 8 heteroatoms. The number of carbonyl (C=O) groups is 1. The molecule has 1 aromatic heterocycles. The third kappa shape index (κ3) is 3.14. The number of aromatic nitrogens is 1. The van der Waals surface area contributed by atoms with E-state index in [1.54, 1.807) is 4.90 Å². The number of pyridine rings is 1. The lowest BCUT2D eigenvalue weighted by Crippen LogP contribution is -2.39. The Bertz CT molecular complexity index is 488. The van der Waals surface area contributed by atoms with Gasteiger partial charge in [-0.25, -0.2) is 14.2 Å². The zero-order valence-electron chi connectivity index (χ0n) is 10.4. The quantitative estimate of drug-likeness (QED) is 0.805. The summed E-state index contributed by atoms with van der Waals surface area (Å²) in [5.41, 5.74) is 0.0463. The summed E-state index contributed by atoms with van der Waals surface area (Å²) in [6.07, 6.45) is 1.25. The number of methoxy groups -OCH3 is 1. The largest absolute Gasteiger partial charge is 0.465 e. The molecule has 0 unspecified atom stereocenters. The van der Waals surface area contributed by atoms with E-state index < -0.39 is 22.4 Å².